The standard InChI is InChI=1S/C22H25ClN2O2S/c1-14-6-8-16-19(12-14)28-21(20(16)23)22(26)24-13-17(18-9-7-15(2)27-18)25-10-4-3-5-11-25/h6-9,12,17H,3-5,10-11,13H2,1-2H3,(H,24,26)/t17-/m0/s1. The summed E-state index contributed by atoms with van der Waals surface area (Å²) in [4.78, 5) is 15.9. The van der Waals surface area contributed by atoms with E-state index in [1.807, 2.05) is 38.1 Å². The van der Waals surface area contributed by atoms with Crippen LogP contribution in [0.2, 0.25) is 5.02 Å². The summed E-state index contributed by atoms with van der Waals surface area (Å²) < 4.78 is 6.95. The first-order valence-electron chi connectivity index (χ1n) is 9.80. The number of nitrogens with one attached hydrogen (secondary N) is 1. The fourth-order valence-electron chi connectivity index (χ4n) is 3.86. The van der Waals surface area contributed by atoms with Gasteiger partial charge in [0.05, 0.1) is 11.1 Å². The number of likely N-dealkylation sites (tertiary alicyclic amines) is 1. The van der Waals surface area contributed by atoms with Gasteiger partial charge in [0, 0.05) is 16.6 Å². The fourth-order valence-corrected chi connectivity index (χ4v) is 5.39. The van der Waals surface area contributed by atoms with Crippen LogP contribution in [0.1, 0.15) is 52.1 Å². The van der Waals surface area contributed by atoms with Gasteiger partial charge in [0.15, 0.2) is 0 Å². The second-order valence-electron chi connectivity index (χ2n) is 7.52. The summed E-state index contributed by atoms with van der Waals surface area (Å²) in [6, 6.07) is 10.1. The first-order chi connectivity index (χ1) is 13.5. The molecular weight excluding hydrogens is 392 g/mol. The number of aryl methyl sites for hydroxylation is 2. The van der Waals surface area contributed by atoms with Gasteiger partial charge in [0.25, 0.3) is 5.91 Å². The number of nitrogens with zero attached hydrogens (tertiary/aromatic N) is 1. The van der Waals surface area contributed by atoms with Crippen LogP contribution in [0.5, 0.6) is 0 Å². The summed E-state index contributed by atoms with van der Waals surface area (Å²) in [7, 11) is 0. The zero-order valence-electron chi connectivity index (χ0n) is 16.3. The Labute approximate surface area is 174 Å². The normalized spacial score (nSPS) is 16.4. The van der Waals surface area contributed by atoms with Crippen LogP contribution in [0.15, 0.2) is 34.7 Å². The SMILES string of the molecule is Cc1ccc2c(Cl)c(C(=O)NC[C@@H](c3ccc(C)o3)N3CCCCC3)sc2c1. The molecule has 0 bridgehead atoms. The molecule has 1 fully saturated rings. The van der Waals surface area contributed by atoms with Crippen LogP contribution in [0.25, 0.3) is 10.1 Å². The van der Waals surface area contributed by atoms with Gasteiger partial charge in [-0.15, -0.1) is 11.3 Å². The van der Waals surface area contributed by atoms with Crippen LogP contribution >= 0.6 is 22.9 Å². The topological polar surface area (TPSA) is 45.5 Å². The van der Waals surface area contributed by atoms with Crippen molar-refractivity contribution in [3.05, 3.63) is 57.3 Å². The Kier molecular flexibility index (Phi) is 5.76. The van der Waals surface area contributed by atoms with Gasteiger partial charge in [-0.2, -0.15) is 0 Å². The van der Waals surface area contributed by atoms with E-state index in [1.54, 1.807) is 0 Å². The van der Waals surface area contributed by atoms with Crippen molar-refractivity contribution < 1.29 is 9.21 Å². The maximum absolute atomic E-state index is 12.9. The van der Waals surface area contributed by atoms with Gasteiger partial charge in [-0.3, -0.25) is 9.69 Å². The predicted octanol–water partition coefficient (Wildman–Crippen LogP) is 5.72. The van der Waals surface area contributed by atoms with Crippen molar-refractivity contribution in [2.45, 2.75) is 39.2 Å². The third kappa shape index (κ3) is 3.97. The molecule has 0 aliphatic carbocycles. The molecule has 6 heteroatoms. The number of rotatable bonds is 5. The fraction of sp³-hybridized carbons (Fsp3) is 0.409. The number of thiophene rings is 1. The van der Waals surface area contributed by atoms with E-state index in [1.165, 1.54) is 30.6 Å². The molecule has 0 spiro atoms. The molecule has 1 amide bonds. The van der Waals surface area contributed by atoms with Crippen molar-refractivity contribution >= 4 is 38.9 Å². The molecule has 1 aliphatic heterocycles. The second-order valence-corrected chi connectivity index (χ2v) is 8.95. The number of hydrogen-bond acceptors (Lipinski definition) is 4. The highest BCUT2D eigenvalue weighted by Gasteiger charge is 2.26. The smallest absolute Gasteiger partial charge is 0.263 e. The van der Waals surface area contributed by atoms with E-state index in [0.717, 1.165) is 40.3 Å². The number of halogens is 1. The van der Waals surface area contributed by atoms with Crippen molar-refractivity contribution in [2.75, 3.05) is 19.6 Å². The zero-order valence-corrected chi connectivity index (χ0v) is 17.8. The molecule has 0 unspecified atom stereocenters. The number of fused-ring (bicyclic) bond motifs is 1. The highest BCUT2D eigenvalue weighted by molar-refractivity contribution is 7.21. The molecule has 3 aromatic rings. The number of hydrogen-bond donors (Lipinski definition) is 1. The molecule has 28 heavy (non-hydrogen) atoms. The van der Waals surface area contributed by atoms with Crippen molar-refractivity contribution in [2.24, 2.45) is 0 Å². The summed E-state index contributed by atoms with van der Waals surface area (Å²) >= 11 is 7.96. The molecule has 0 radical (unpaired) electrons. The van der Waals surface area contributed by atoms with Crippen molar-refractivity contribution in [1.82, 2.24) is 10.2 Å². The van der Waals surface area contributed by atoms with Crippen LogP contribution < -0.4 is 5.32 Å². The van der Waals surface area contributed by atoms with Gasteiger partial charge < -0.3 is 9.73 Å². The Bertz CT molecular complexity index is 988. The lowest BCUT2D eigenvalue weighted by Gasteiger charge is -2.33. The first-order valence-corrected chi connectivity index (χ1v) is 11.0. The maximum atomic E-state index is 12.9. The predicted molar refractivity (Wildman–Crippen MR) is 116 cm³/mol. The van der Waals surface area contributed by atoms with Gasteiger partial charge in [-0.1, -0.05) is 30.2 Å². The summed E-state index contributed by atoms with van der Waals surface area (Å²) in [5.74, 6) is 1.69. The number of carbonyl (C=O) groups is 1. The summed E-state index contributed by atoms with van der Waals surface area (Å²) in [6.45, 7) is 6.57. The molecule has 4 rings (SSSR count). The molecule has 1 saturated heterocycles. The van der Waals surface area contributed by atoms with Crippen molar-refractivity contribution in [1.29, 1.82) is 0 Å². The number of benzene rings is 1. The van der Waals surface area contributed by atoms with Crippen LogP contribution in [0, 0.1) is 13.8 Å². The minimum Gasteiger partial charge on any atom is -0.465 e. The van der Waals surface area contributed by atoms with Crippen molar-refractivity contribution in [3.8, 4) is 0 Å². The Balaban J connectivity index is 1.53. The average Bonchev–Trinajstić information content (AvgIpc) is 3.26. The lowest BCUT2D eigenvalue weighted by atomic mass is 10.1. The Morgan fingerprint density at radius 3 is 2.71 bits per heavy atom. The molecular formula is C22H25ClN2O2S. The lowest BCUT2D eigenvalue weighted by molar-refractivity contribution is 0.0918. The highest BCUT2D eigenvalue weighted by atomic mass is 35.5. The van der Waals surface area contributed by atoms with Gasteiger partial charge >= 0.3 is 0 Å². The summed E-state index contributed by atoms with van der Waals surface area (Å²) in [6.07, 6.45) is 3.64. The van der Waals surface area contributed by atoms with E-state index < -0.39 is 0 Å². The number of amides is 1. The molecule has 1 N–H and O–H groups in total. The van der Waals surface area contributed by atoms with Crippen LogP contribution in [0.4, 0.5) is 0 Å². The van der Waals surface area contributed by atoms with Crippen LogP contribution in [-0.4, -0.2) is 30.4 Å². The molecule has 4 nitrogen and oxygen atoms in total. The number of furan rings is 1. The largest absolute Gasteiger partial charge is 0.465 e. The average molecular weight is 417 g/mol. The molecule has 148 valence electrons. The van der Waals surface area contributed by atoms with Crippen molar-refractivity contribution in [3.63, 3.8) is 0 Å². The third-order valence-corrected chi connectivity index (χ3v) is 7.02. The van der Waals surface area contributed by atoms with E-state index >= 15 is 0 Å². The Morgan fingerprint density at radius 2 is 2.00 bits per heavy atom. The van der Waals surface area contributed by atoms with E-state index in [9.17, 15) is 4.79 Å². The summed E-state index contributed by atoms with van der Waals surface area (Å²) in [5, 5.41) is 4.59. The Morgan fingerprint density at radius 1 is 1.21 bits per heavy atom. The molecule has 2 aromatic heterocycles. The van der Waals surface area contributed by atoms with Crippen LogP contribution in [0.3, 0.4) is 0 Å². The molecule has 3 heterocycles. The van der Waals surface area contributed by atoms with Gasteiger partial charge in [0.1, 0.15) is 16.4 Å². The molecule has 0 saturated carbocycles. The minimum atomic E-state index is -0.117. The van der Waals surface area contributed by atoms with E-state index in [2.05, 4.69) is 16.3 Å². The van der Waals surface area contributed by atoms with E-state index in [-0.39, 0.29) is 11.9 Å². The second kappa shape index (κ2) is 8.27. The quantitative estimate of drug-likeness (QED) is 0.578. The highest BCUT2D eigenvalue weighted by Crippen LogP contribution is 2.36. The molecule has 1 aliphatic rings. The summed E-state index contributed by atoms with van der Waals surface area (Å²) in [5.41, 5.74) is 1.16. The van der Waals surface area contributed by atoms with Crippen LogP contribution in [-0.2, 0) is 0 Å². The lowest BCUT2D eigenvalue weighted by Crippen LogP contribution is -2.40. The Hall–Kier alpha value is -1.82. The minimum absolute atomic E-state index is 0.0494. The van der Waals surface area contributed by atoms with Gasteiger partial charge in [0.2, 0.25) is 0 Å². The van der Waals surface area contributed by atoms with Gasteiger partial charge in [-0.25, -0.2) is 0 Å². The number of carbonyl (C=O) groups excluding carboxylic acids is 1. The van der Waals surface area contributed by atoms with E-state index in [0.29, 0.717) is 16.4 Å². The third-order valence-electron chi connectivity index (χ3n) is 5.37. The zero-order chi connectivity index (χ0) is 19.7. The maximum Gasteiger partial charge on any atom is 0.263 e. The number of piperidine rings is 1. The van der Waals surface area contributed by atoms with Gasteiger partial charge in [-0.05, 0) is 63.5 Å². The monoisotopic (exact) mass is 416 g/mol. The first kappa shape index (κ1) is 19.5. The molecule has 1 atom stereocenters. The molecule has 1 aromatic carbocycles. The van der Waals surface area contributed by atoms with E-state index in [4.69, 9.17) is 16.0 Å².